The van der Waals surface area contributed by atoms with Gasteiger partial charge in [0, 0.05) is 22.9 Å². The maximum Gasteiger partial charge on any atom is 0.122 e. The minimum atomic E-state index is -0.897. The normalized spacial score (nSPS) is 13.8. The third-order valence-corrected chi connectivity index (χ3v) is 3.80. The molecule has 4 heteroatoms. The molecule has 2 rings (SSSR count). The first kappa shape index (κ1) is 16.2. The van der Waals surface area contributed by atoms with E-state index < -0.39 is 5.60 Å². The fraction of sp³-hybridized carbons (Fsp3) is 0.294. The van der Waals surface area contributed by atoms with Crippen molar-refractivity contribution in [2.24, 2.45) is 0 Å². The molecule has 0 aliphatic rings. The Labute approximate surface area is 135 Å². The fourth-order valence-electron chi connectivity index (χ4n) is 2.40. The van der Waals surface area contributed by atoms with Gasteiger partial charge in [-0.1, -0.05) is 35.3 Å². The van der Waals surface area contributed by atoms with Crippen LogP contribution in [0.25, 0.3) is 0 Å². The first-order valence-electron chi connectivity index (χ1n) is 6.69. The minimum absolute atomic E-state index is 0.458. The lowest BCUT2D eigenvalue weighted by atomic mass is 9.89. The quantitative estimate of drug-likeness (QED) is 0.875. The first-order chi connectivity index (χ1) is 9.89. The topological polar surface area (TPSA) is 29.5 Å². The number of aliphatic hydroxyl groups is 1. The largest absolute Gasteiger partial charge is 0.496 e. The van der Waals surface area contributed by atoms with E-state index >= 15 is 0 Å². The van der Waals surface area contributed by atoms with Crippen LogP contribution in [0.5, 0.6) is 5.75 Å². The summed E-state index contributed by atoms with van der Waals surface area (Å²) >= 11 is 11.9. The molecule has 112 valence electrons. The molecule has 0 spiro atoms. The lowest BCUT2D eigenvalue weighted by Crippen LogP contribution is -2.30. The summed E-state index contributed by atoms with van der Waals surface area (Å²) in [6, 6.07) is 12.9. The molecule has 2 aromatic rings. The molecular weight excluding hydrogens is 307 g/mol. The lowest BCUT2D eigenvalue weighted by Gasteiger charge is -2.24. The van der Waals surface area contributed by atoms with Gasteiger partial charge in [0.15, 0.2) is 0 Å². The third kappa shape index (κ3) is 4.63. The van der Waals surface area contributed by atoms with Crippen molar-refractivity contribution in [1.82, 2.24) is 0 Å². The number of benzene rings is 2. The molecule has 0 fully saturated rings. The SMILES string of the molecule is COc1ccc(Cl)cc1CC(C)(O)Cc1ccc(Cl)cc1. The molecule has 0 aliphatic carbocycles. The summed E-state index contributed by atoms with van der Waals surface area (Å²) in [5.41, 5.74) is 1.03. The zero-order valence-corrected chi connectivity index (χ0v) is 13.6. The van der Waals surface area contributed by atoms with Crippen LogP contribution in [-0.2, 0) is 12.8 Å². The monoisotopic (exact) mass is 324 g/mol. The maximum atomic E-state index is 10.7. The number of rotatable bonds is 5. The smallest absolute Gasteiger partial charge is 0.122 e. The summed E-state index contributed by atoms with van der Waals surface area (Å²) in [7, 11) is 1.61. The molecule has 2 nitrogen and oxygen atoms in total. The van der Waals surface area contributed by atoms with Gasteiger partial charge in [0.25, 0.3) is 0 Å². The highest BCUT2D eigenvalue weighted by Crippen LogP contribution is 2.28. The van der Waals surface area contributed by atoms with Crippen molar-refractivity contribution in [1.29, 1.82) is 0 Å². The molecule has 0 aliphatic heterocycles. The van der Waals surface area contributed by atoms with Gasteiger partial charge in [0.05, 0.1) is 12.7 Å². The predicted octanol–water partition coefficient (Wildman–Crippen LogP) is 4.54. The van der Waals surface area contributed by atoms with E-state index in [1.165, 1.54) is 0 Å². The Hall–Kier alpha value is -1.22. The molecule has 0 aromatic heterocycles. The van der Waals surface area contributed by atoms with Crippen molar-refractivity contribution in [3.63, 3.8) is 0 Å². The molecule has 0 radical (unpaired) electrons. The van der Waals surface area contributed by atoms with Crippen LogP contribution in [0.2, 0.25) is 10.0 Å². The zero-order chi connectivity index (χ0) is 15.5. The van der Waals surface area contributed by atoms with E-state index in [0.29, 0.717) is 22.9 Å². The second-order valence-electron chi connectivity index (χ2n) is 5.43. The molecule has 0 amide bonds. The van der Waals surface area contributed by atoms with Gasteiger partial charge in [-0.15, -0.1) is 0 Å². The predicted molar refractivity (Wildman–Crippen MR) is 87.5 cm³/mol. The second kappa shape index (κ2) is 6.69. The summed E-state index contributed by atoms with van der Waals surface area (Å²) in [4.78, 5) is 0. The highest BCUT2D eigenvalue weighted by molar-refractivity contribution is 6.30. The molecule has 1 unspecified atom stereocenters. The number of methoxy groups -OCH3 is 1. The molecule has 0 saturated carbocycles. The van der Waals surface area contributed by atoms with Crippen LogP contribution >= 0.6 is 23.2 Å². The van der Waals surface area contributed by atoms with Crippen molar-refractivity contribution in [2.45, 2.75) is 25.4 Å². The number of halogens is 2. The van der Waals surface area contributed by atoms with Crippen LogP contribution in [-0.4, -0.2) is 17.8 Å². The molecule has 2 aromatic carbocycles. The molecule has 0 heterocycles. The average molecular weight is 325 g/mol. The van der Waals surface area contributed by atoms with Crippen LogP contribution in [0.1, 0.15) is 18.1 Å². The standard InChI is InChI=1S/C17H18Cl2O2/c1-17(20,10-12-3-5-14(18)6-4-12)11-13-9-15(19)7-8-16(13)21-2/h3-9,20H,10-11H2,1-2H3. The summed E-state index contributed by atoms with van der Waals surface area (Å²) < 4.78 is 5.32. The van der Waals surface area contributed by atoms with Gasteiger partial charge in [-0.25, -0.2) is 0 Å². The van der Waals surface area contributed by atoms with Gasteiger partial charge in [-0.2, -0.15) is 0 Å². The van der Waals surface area contributed by atoms with Crippen molar-refractivity contribution >= 4 is 23.2 Å². The maximum absolute atomic E-state index is 10.7. The first-order valence-corrected chi connectivity index (χ1v) is 7.44. The zero-order valence-electron chi connectivity index (χ0n) is 12.1. The fourth-order valence-corrected chi connectivity index (χ4v) is 2.72. The van der Waals surface area contributed by atoms with E-state index in [9.17, 15) is 5.11 Å². The summed E-state index contributed by atoms with van der Waals surface area (Å²) in [6.45, 7) is 1.81. The van der Waals surface area contributed by atoms with E-state index in [-0.39, 0.29) is 0 Å². The Balaban J connectivity index is 2.16. The van der Waals surface area contributed by atoms with Gasteiger partial charge in [0.2, 0.25) is 0 Å². The van der Waals surface area contributed by atoms with Crippen LogP contribution in [0, 0.1) is 0 Å². The van der Waals surface area contributed by atoms with Crippen molar-refractivity contribution in [2.75, 3.05) is 7.11 Å². The Kier molecular flexibility index (Phi) is 5.15. The summed E-state index contributed by atoms with van der Waals surface area (Å²) in [6.07, 6.45) is 0.985. The van der Waals surface area contributed by atoms with Gasteiger partial charge in [0.1, 0.15) is 5.75 Å². The van der Waals surface area contributed by atoms with E-state index in [1.54, 1.807) is 13.2 Å². The minimum Gasteiger partial charge on any atom is -0.496 e. The molecule has 1 N–H and O–H groups in total. The molecule has 0 bridgehead atoms. The lowest BCUT2D eigenvalue weighted by molar-refractivity contribution is 0.0602. The van der Waals surface area contributed by atoms with E-state index in [2.05, 4.69) is 0 Å². The molecule has 1 atom stereocenters. The highest BCUT2D eigenvalue weighted by Gasteiger charge is 2.23. The van der Waals surface area contributed by atoms with Gasteiger partial charge < -0.3 is 9.84 Å². The summed E-state index contributed by atoms with van der Waals surface area (Å²) in [5.74, 6) is 0.732. The average Bonchev–Trinajstić information content (AvgIpc) is 2.41. The van der Waals surface area contributed by atoms with Crippen LogP contribution < -0.4 is 4.74 Å². The van der Waals surface area contributed by atoms with Crippen molar-refractivity contribution < 1.29 is 9.84 Å². The third-order valence-electron chi connectivity index (χ3n) is 3.31. The Morgan fingerprint density at radius 1 is 1.00 bits per heavy atom. The number of ether oxygens (including phenoxy) is 1. The Morgan fingerprint density at radius 3 is 2.24 bits per heavy atom. The number of hydrogen-bond acceptors (Lipinski definition) is 2. The van der Waals surface area contributed by atoms with Crippen molar-refractivity contribution in [3.05, 3.63) is 63.6 Å². The highest BCUT2D eigenvalue weighted by atomic mass is 35.5. The van der Waals surface area contributed by atoms with Crippen LogP contribution in [0.15, 0.2) is 42.5 Å². The molecule has 21 heavy (non-hydrogen) atoms. The van der Waals surface area contributed by atoms with Crippen molar-refractivity contribution in [3.8, 4) is 5.75 Å². The van der Waals surface area contributed by atoms with Crippen LogP contribution in [0.3, 0.4) is 0 Å². The van der Waals surface area contributed by atoms with Crippen LogP contribution in [0.4, 0.5) is 0 Å². The molecular formula is C17H18Cl2O2. The van der Waals surface area contributed by atoms with Gasteiger partial charge >= 0.3 is 0 Å². The van der Waals surface area contributed by atoms with E-state index in [4.69, 9.17) is 27.9 Å². The van der Waals surface area contributed by atoms with Gasteiger partial charge in [-0.3, -0.25) is 0 Å². The number of hydrogen-bond donors (Lipinski definition) is 1. The van der Waals surface area contributed by atoms with E-state index in [1.807, 2.05) is 43.3 Å². The Bertz CT molecular complexity index is 607. The summed E-state index contributed by atoms with van der Waals surface area (Å²) in [5, 5.41) is 12.0. The molecule has 0 saturated heterocycles. The van der Waals surface area contributed by atoms with E-state index in [0.717, 1.165) is 16.9 Å². The van der Waals surface area contributed by atoms with Gasteiger partial charge in [-0.05, 0) is 48.4 Å². The second-order valence-corrected chi connectivity index (χ2v) is 6.31. The Morgan fingerprint density at radius 2 is 1.62 bits per heavy atom.